The maximum absolute atomic E-state index is 6.23. The van der Waals surface area contributed by atoms with E-state index in [-0.39, 0.29) is 0 Å². The molecule has 0 aromatic heterocycles. The smallest absolute Gasteiger partial charge is 0.138 e. The Morgan fingerprint density at radius 1 is 1.42 bits per heavy atom. The molecule has 0 heterocycles. The van der Waals surface area contributed by atoms with Crippen molar-refractivity contribution in [1.82, 2.24) is 0 Å². The molecule has 3 heteroatoms. The maximum Gasteiger partial charge on any atom is 0.138 e. The van der Waals surface area contributed by atoms with Gasteiger partial charge in [-0.15, -0.1) is 0 Å². The number of nitrogens with one attached hydrogen (secondary N) is 1. The predicted molar refractivity (Wildman–Crippen MR) is 82.3 cm³/mol. The highest BCUT2D eigenvalue weighted by Gasteiger charge is 2.19. The number of halogens is 1. The lowest BCUT2D eigenvalue weighted by atomic mass is 9.81. The van der Waals surface area contributed by atoms with E-state index in [9.17, 15) is 0 Å². The summed E-state index contributed by atoms with van der Waals surface area (Å²) in [5.41, 5.74) is 1.08. The number of rotatable bonds is 7. The molecule has 2 rings (SSSR count). The second kappa shape index (κ2) is 7.04. The fraction of sp³-hybridized carbons (Fsp3) is 0.625. The first-order valence-electron chi connectivity index (χ1n) is 7.38. The molecule has 19 heavy (non-hydrogen) atoms. The van der Waals surface area contributed by atoms with Crippen LogP contribution in [0, 0.1) is 5.92 Å². The van der Waals surface area contributed by atoms with Crippen LogP contribution < -0.4 is 10.1 Å². The Morgan fingerprint density at radius 3 is 2.79 bits per heavy atom. The summed E-state index contributed by atoms with van der Waals surface area (Å²) >= 11 is 6.23. The minimum Gasteiger partial charge on any atom is -0.492 e. The molecule has 1 saturated carbocycles. The molecular weight excluding hydrogens is 258 g/mol. The molecule has 1 fully saturated rings. The van der Waals surface area contributed by atoms with E-state index >= 15 is 0 Å². The highest BCUT2D eigenvalue weighted by Crippen LogP contribution is 2.32. The van der Waals surface area contributed by atoms with Crippen LogP contribution in [-0.2, 0) is 0 Å². The minimum absolute atomic E-state index is 0.503. The summed E-state index contributed by atoms with van der Waals surface area (Å²) in [6, 6.07) is 6.47. The Kier molecular flexibility index (Phi) is 5.38. The summed E-state index contributed by atoms with van der Waals surface area (Å²) in [7, 11) is 0. The van der Waals surface area contributed by atoms with Gasteiger partial charge in [-0.1, -0.05) is 37.8 Å². The summed E-state index contributed by atoms with van der Waals surface area (Å²) < 4.78 is 5.58. The van der Waals surface area contributed by atoms with Crippen LogP contribution in [-0.4, -0.2) is 12.6 Å². The van der Waals surface area contributed by atoms with Crippen LogP contribution in [0.5, 0.6) is 5.75 Å². The number of ether oxygens (including phenoxy) is 1. The van der Waals surface area contributed by atoms with Crippen molar-refractivity contribution < 1.29 is 4.74 Å². The van der Waals surface area contributed by atoms with Gasteiger partial charge in [0, 0.05) is 11.7 Å². The number of benzene rings is 1. The van der Waals surface area contributed by atoms with Gasteiger partial charge >= 0.3 is 0 Å². The van der Waals surface area contributed by atoms with Gasteiger partial charge in [0.25, 0.3) is 0 Å². The predicted octanol–water partition coefficient (Wildman–Crippen LogP) is 5.12. The van der Waals surface area contributed by atoms with Crippen LogP contribution in [0.3, 0.4) is 0 Å². The molecule has 0 bridgehead atoms. The summed E-state index contributed by atoms with van der Waals surface area (Å²) in [4.78, 5) is 0. The average Bonchev–Trinajstić information content (AvgIpc) is 2.33. The van der Waals surface area contributed by atoms with E-state index in [2.05, 4.69) is 19.2 Å². The zero-order valence-corrected chi connectivity index (χ0v) is 12.7. The van der Waals surface area contributed by atoms with E-state index < -0.39 is 0 Å². The Balaban J connectivity index is 1.87. The third-order valence-electron chi connectivity index (χ3n) is 3.72. The van der Waals surface area contributed by atoms with Crippen molar-refractivity contribution in [2.24, 2.45) is 5.92 Å². The normalized spacial score (nSPS) is 16.8. The highest BCUT2D eigenvalue weighted by atomic mass is 35.5. The van der Waals surface area contributed by atoms with Gasteiger partial charge < -0.3 is 10.1 Å². The van der Waals surface area contributed by atoms with Crippen molar-refractivity contribution in [3.8, 4) is 5.75 Å². The van der Waals surface area contributed by atoms with E-state index in [1.807, 2.05) is 18.2 Å². The lowest BCUT2D eigenvalue weighted by Gasteiger charge is -2.29. The fourth-order valence-corrected chi connectivity index (χ4v) is 2.73. The minimum atomic E-state index is 0.503. The third-order valence-corrected chi connectivity index (χ3v) is 4.01. The van der Waals surface area contributed by atoms with Gasteiger partial charge in [0.15, 0.2) is 0 Å². The van der Waals surface area contributed by atoms with E-state index in [1.54, 1.807) is 0 Å². The van der Waals surface area contributed by atoms with Gasteiger partial charge in [-0.25, -0.2) is 0 Å². The molecule has 1 aliphatic carbocycles. The van der Waals surface area contributed by atoms with E-state index in [1.165, 1.54) is 25.7 Å². The van der Waals surface area contributed by atoms with E-state index in [0.717, 1.165) is 23.8 Å². The maximum atomic E-state index is 6.23. The largest absolute Gasteiger partial charge is 0.492 e. The van der Waals surface area contributed by atoms with Crippen LogP contribution in [0.1, 0.15) is 46.0 Å². The van der Waals surface area contributed by atoms with E-state index in [0.29, 0.717) is 17.7 Å². The lowest BCUT2D eigenvalue weighted by Crippen LogP contribution is -2.23. The monoisotopic (exact) mass is 281 g/mol. The van der Waals surface area contributed by atoms with Crippen molar-refractivity contribution in [2.45, 2.75) is 52.0 Å². The Labute approximate surface area is 121 Å². The summed E-state index contributed by atoms with van der Waals surface area (Å²) in [6.07, 6.45) is 6.46. The molecule has 0 spiro atoms. The standard InChI is InChI=1S/C16H24ClNO/c1-3-9-19-16-8-7-14(11-15(16)17)18-12(2)10-13-5-4-6-13/h7-8,11-13,18H,3-6,9-10H2,1-2H3. The molecule has 1 aliphatic rings. The summed E-state index contributed by atoms with van der Waals surface area (Å²) in [5, 5.41) is 4.21. The molecule has 0 aliphatic heterocycles. The number of hydrogen-bond donors (Lipinski definition) is 1. The van der Waals surface area contributed by atoms with Gasteiger partial charge in [-0.2, -0.15) is 0 Å². The molecule has 0 radical (unpaired) electrons. The average molecular weight is 282 g/mol. The molecule has 1 aromatic rings. The molecule has 1 unspecified atom stereocenters. The van der Waals surface area contributed by atoms with Crippen LogP contribution in [0.4, 0.5) is 5.69 Å². The molecule has 0 saturated heterocycles. The summed E-state index contributed by atoms with van der Waals surface area (Å²) in [5.74, 6) is 1.70. The first-order valence-corrected chi connectivity index (χ1v) is 7.75. The summed E-state index contributed by atoms with van der Waals surface area (Å²) in [6.45, 7) is 5.05. The zero-order valence-electron chi connectivity index (χ0n) is 11.9. The first-order chi connectivity index (χ1) is 9.19. The molecule has 106 valence electrons. The van der Waals surface area contributed by atoms with Crippen LogP contribution in [0.15, 0.2) is 18.2 Å². The first kappa shape index (κ1) is 14.5. The van der Waals surface area contributed by atoms with Gasteiger partial charge in [0.05, 0.1) is 11.6 Å². The molecule has 1 aromatic carbocycles. The Bertz CT molecular complexity index is 404. The van der Waals surface area contributed by atoms with Crippen molar-refractivity contribution in [3.05, 3.63) is 23.2 Å². The van der Waals surface area contributed by atoms with Gasteiger partial charge in [-0.05, 0) is 43.9 Å². The van der Waals surface area contributed by atoms with Gasteiger partial charge in [0.2, 0.25) is 0 Å². The quantitative estimate of drug-likeness (QED) is 0.749. The molecule has 2 nitrogen and oxygen atoms in total. The van der Waals surface area contributed by atoms with Crippen LogP contribution in [0.25, 0.3) is 0 Å². The highest BCUT2D eigenvalue weighted by molar-refractivity contribution is 6.32. The van der Waals surface area contributed by atoms with Crippen molar-refractivity contribution in [1.29, 1.82) is 0 Å². The third kappa shape index (κ3) is 4.31. The van der Waals surface area contributed by atoms with Gasteiger partial charge in [-0.3, -0.25) is 0 Å². The SMILES string of the molecule is CCCOc1ccc(NC(C)CC2CCC2)cc1Cl. The number of hydrogen-bond acceptors (Lipinski definition) is 2. The molecule has 1 atom stereocenters. The van der Waals surface area contributed by atoms with Gasteiger partial charge in [0.1, 0.15) is 5.75 Å². The Morgan fingerprint density at radius 2 is 2.21 bits per heavy atom. The topological polar surface area (TPSA) is 21.3 Å². The van der Waals surface area contributed by atoms with Crippen LogP contribution in [0.2, 0.25) is 5.02 Å². The molecule has 1 N–H and O–H groups in total. The number of anilines is 1. The second-order valence-corrected chi connectivity index (χ2v) is 5.98. The zero-order chi connectivity index (χ0) is 13.7. The fourth-order valence-electron chi connectivity index (χ4n) is 2.49. The Hall–Kier alpha value is -0.890. The molecule has 0 amide bonds. The van der Waals surface area contributed by atoms with Crippen molar-refractivity contribution >= 4 is 17.3 Å². The van der Waals surface area contributed by atoms with E-state index in [4.69, 9.17) is 16.3 Å². The second-order valence-electron chi connectivity index (χ2n) is 5.57. The van der Waals surface area contributed by atoms with Crippen molar-refractivity contribution in [3.63, 3.8) is 0 Å². The lowest BCUT2D eigenvalue weighted by molar-refractivity contribution is 0.286. The van der Waals surface area contributed by atoms with Crippen LogP contribution >= 0.6 is 11.6 Å². The van der Waals surface area contributed by atoms with Crippen molar-refractivity contribution in [2.75, 3.05) is 11.9 Å². The molecular formula is C16H24ClNO.